The molecule has 1 aliphatic rings. The molecule has 2 N–H and O–H groups in total. The number of benzene rings is 1. The molecule has 2 heterocycles. The Labute approximate surface area is 126 Å². The molecule has 110 valence electrons. The van der Waals surface area contributed by atoms with Crippen LogP contribution < -0.4 is 10.1 Å². The Balaban J connectivity index is 2.23. The van der Waals surface area contributed by atoms with Crippen LogP contribution in [0.15, 0.2) is 29.5 Å². The Morgan fingerprint density at radius 3 is 2.91 bits per heavy atom. The predicted octanol–water partition coefficient (Wildman–Crippen LogP) is 3.77. The number of rotatable bonds is 3. The summed E-state index contributed by atoms with van der Waals surface area (Å²) >= 11 is 0. The van der Waals surface area contributed by atoms with E-state index in [0.717, 1.165) is 5.56 Å². The molecule has 2 aromatic rings. The first kappa shape index (κ1) is 13.8. The summed E-state index contributed by atoms with van der Waals surface area (Å²) in [4.78, 5) is 18.1. The van der Waals surface area contributed by atoms with E-state index in [1.54, 1.807) is 37.6 Å². The number of anilines is 1. The lowest BCUT2D eigenvalue weighted by molar-refractivity contribution is -0.110. The van der Waals surface area contributed by atoms with Crippen LogP contribution in [0, 0.1) is 6.92 Å². The molecule has 3 rings (SSSR count). The van der Waals surface area contributed by atoms with Crippen LogP contribution in [0.4, 0.5) is 11.4 Å². The molecule has 0 aliphatic carbocycles. The van der Waals surface area contributed by atoms with Gasteiger partial charge in [0.05, 0.1) is 24.1 Å². The second-order valence-electron chi connectivity index (χ2n) is 4.81. The number of hydrogen-bond acceptors (Lipinski definition) is 3. The zero-order chi connectivity index (χ0) is 15.7. The van der Waals surface area contributed by atoms with Gasteiger partial charge in [-0.25, -0.2) is 0 Å². The van der Waals surface area contributed by atoms with E-state index in [-0.39, 0.29) is 5.91 Å². The van der Waals surface area contributed by atoms with E-state index in [0.29, 0.717) is 34.0 Å². The van der Waals surface area contributed by atoms with E-state index in [1.807, 2.05) is 6.92 Å². The standard InChI is InChI=1S/C15H13N5O2/c1-8-3-4-10-13(14(8)19-20-16)9(15(21)18-10)7-11-12(22-2)5-6-17-11/h3-7,17H,1-2H3,(H,18,21)/b9-7-. The molecule has 0 spiro atoms. The number of aryl methyl sites for hydroxylation is 1. The van der Waals surface area contributed by atoms with Crippen molar-refractivity contribution in [2.45, 2.75) is 6.92 Å². The van der Waals surface area contributed by atoms with E-state index < -0.39 is 0 Å². The Bertz CT molecular complexity index is 844. The predicted molar refractivity (Wildman–Crippen MR) is 83.8 cm³/mol. The molecule has 1 aromatic heterocycles. The van der Waals surface area contributed by atoms with Crippen LogP contribution in [0.3, 0.4) is 0 Å². The number of hydrogen-bond donors (Lipinski definition) is 2. The first-order valence-electron chi connectivity index (χ1n) is 6.59. The second-order valence-corrected chi connectivity index (χ2v) is 4.81. The number of amides is 1. The summed E-state index contributed by atoms with van der Waals surface area (Å²) in [5.41, 5.74) is 12.4. The summed E-state index contributed by atoms with van der Waals surface area (Å²) in [6, 6.07) is 5.37. The topological polar surface area (TPSA) is 103 Å². The number of fused-ring (bicyclic) bond motifs is 1. The molecule has 7 nitrogen and oxygen atoms in total. The van der Waals surface area contributed by atoms with Crippen molar-refractivity contribution in [3.8, 4) is 5.75 Å². The molecule has 1 aliphatic heterocycles. The summed E-state index contributed by atoms with van der Waals surface area (Å²) in [6.07, 6.45) is 3.42. The van der Waals surface area contributed by atoms with Gasteiger partial charge in [0.15, 0.2) is 0 Å². The van der Waals surface area contributed by atoms with Crippen molar-refractivity contribution in [1.29, 1.82) is 0 Å². The minimum Gasteiger partial charge on any atom is -0.495 e. The monoisotopic (exact) mass is 295 g/mol. The van der Waals surface area contributed by atoms with Gasteiger partial charge in [-0.05, 0) is 36.2 Å². The lowest BCUT2D eigenvalue weighted by atomic mass is 10.0. The molecule has 0 saturated carbocycles. The quantitative estimate of drug-likeness (QED) is 0.389. The van der Waals surface area contributed by atoms with Gasteiger partial charge in [-0.2, -0.15) is 0 Å². The first-order valence-corrected chi connectivity index (χ1v) is 6.59. The van der Waals surface area contributed by atoms with Gasteiger partial charge in [0.1, 0.15) is 5.75 Å². The third-order valence-electron chi connectivity index (χ3n) is 3.53. The van der Waals surface area contributed by atoms with Gasteiger partial charge in [-0.15, -0.1) is 0 Å². The lowest BCUT2D eigenvalue weighted by Crippen LogP contribution is -2.03. The number of aromatic nitrogens is 1. The third kappa shape index (κ3) is 2.10. The highest BCUT2D eigenvalue weighted by Crippen LogP contribution is 2.42. The lowest BCUT2D eigenvalue weighted by Gasteiger charge is -2.06. The molecule has 0 saturated heterocycles. The molecule has 0 fully saturated rings. The Kier molecular flexibility index (Phi) is 3.33. The van der Waals surface area contributed by atoms with E-state index in [4.69, 9.17) is 10.3 Å². The summed E-state index contributed by atoms with van der Waals surface area (Å²) in [5.74, 6) is 0.387. The number of aromatic amines is 1. The molecule has 1 aromatic carbocycles. The highest BCUT2D eigenvalue weighted by molar-refractivity contribution is 6.36. The van der Waals surface area contributed by atoms with Gasteiger partial charge in [0.25, 0.3) is 5.91 Å². The van der Waals surface area contributed by atoms with Crippen molar-refractivity contribution >= 4 is 28.9 Å². The molecule has 0 radical (unpaired) electrons. The highest BCUT2D eigenvalue weighted by Gasteiger charge is 2.28. The number of nitrogens with one attached hydrogen (secondary N) is 2. The van der Waals surface area contributed by atoms with Gasteiger partial charge in [-0.3, -0.25) is 4.79 Å². The van der Waals surface area contributed by atoms with E-state index >= 15 is 0 Å². The highest BCUT2D eigenvalue weighted by atomic mass is 16.5. The molecular formula is C15H13N5O2. The van der Waals surface area contributed by atoms with Crippen LogP contribution in [-0.4, -0.2) is 18.0 Å². The van der Waals surface area contributed by atoms with E-state index in [2.05, 4.69) is 20.3 Å². The fraction of sp³-hybridized carbons (Fsp3) is 0.133. The summed E-state index contributed by atoms with van der Waals surface area (Å²) in [6.45, 7) is 1.83. The van der Waals surface area contributed by atoms with Crippen LogP contribution in [0.25, 0.3) is 22.1 Å². The summed E-state index contributed by atoms with van der Waals surface area (Å²) < 4.78 is 5.23. The summed E-state index contributed by atoms with van der Waals surface area (Å²) in [7, 11) is 1.56. The SMILES string of the molecule is COc1cc[nH]c1/C=C1\C(=O)Nc2ccc(C)c(N=[N+]=[N-])c21. The maximum atomic E-state index is 12.3. The normalized spacial score (nSPS) is 14.5. The number of carbonyl (C=O) groups excluding carboxylic acids is 1. The van der Waals surface area contributed by atoms with Crippen molar-refractivity contribution < 1.29 is 9.53 Å². The molecule has 0 unspecified atom stereocenters. The second kappa shape index (κ2) is 5.31. The van der Waals surface area contributed by atoms with Crippen LogP contribution in [0.1, 0.15) is 16.8 Å². The maximum Gasteiger partial charge on any atom is 0.256 e. The number of azide groups is 1. The van der Waals surface area contributed by atoms with Crippen molar-refractivity contribution in [3.05, 3.63) is 51.7 Å². The van der Waals surface area contributed by atoms with E-state index in [1.165, 1.54) is 0 Å². The van der Waals surface area contributed by atoms with Crippen LogP contribution in [-0.2, 0) is 4.79 Å². The molecular weight excluding hydrogens is 282 g/mol. The van der Waals surface area contributed by atoms with Crippen molar-refractivity contribution in [3.63, 3.8) is 0 Å². The fourth-order valence-electron chi connectivity index (χ4n) is 2.49. The van der Waals surface area contributed by atoms with Crippen LogP contribution in [0.5, 0.6) is 5.75 Å². The molecule has 1 amide bonds. The minimum absolute atomic E-state index is 0.244. The fourth-order valence-corrected chi connectivity index (χ4v) is 2.49. The summed E-state index contributed by atoms with van der Waals surface area (Å²) in [5, 5.41) is 6.52. The van der Waals surface area contributed by atoms with Gasteiger partial charge in [0.2, 0.25) is 0 Å². The van der Waals surface area contributed by atoms with E-state index in [9.17, 15) is 4.79 Å². The number of ether oxygens (including phenoxy) is 1. The molecule has 0 atom stereocenters. The van der Waals surface area contributed by atoms with Gasteiger partial charge in [0, 0.05) is 22.4 Å². The minimum atomic E-state index is -0.244. The zero-order valence-electron chi connectivity index (χ0n) is 12.0. The van der Waals surface area contributed by atoms with Crippen molar-refractivity contribution in [2.24, 2.45) is 5.11 Å². The average Bonchev–Trinajstić information content (AvgIpc) is 3.08. The molecule has 7 heteroatoms. The number of nitrogens with zero attached hydrogens (tertiary/aromatic N) is 3. The number of methoxy groups -OCH3 is 1. The van der Waals surface area contributed by atoms with Crippen molar-refractivity contribution in [2.75, 3.05) is 12.4 Å². The third-order valence-corrected chi connectivity index (χ3v) is 3.53. The molecule has 0 bridgehead atoms. The van der Waals surface area contributed by atoms with Gasteiger partial charge >= 0.3 is 0 Å². The van der Waals surface area contributed by atoms with Crippen molar-refractivity contribution in [1.82, 2.24) is 4.98 Å². The Morgan fingerprint density at radius 1 is 1.36 bits per heavy atom. The first-order chi connectivity index (χ1) is 10.7. The molecule has 22 heavy (non-hydrogen) atoms. The maximum absolute atomic E-state index is 12.3. The van der Waals surface area contributed by atoms with Gasteiger partial charge < -0.3 is 15.0 Å². The number of H-pyrrole nitrogens is 1. The Hall–Kier alpha value is -3.18. The average molecular weight is 295 g/mol. The smallest absolute Gasteiger partial charge is 0.256 e. The zero-order valence-corrected chi connectivity index (χ0v) is 12.0. The van der Waals surface area contributed by atoms with Gasteiger partial charge in [-0.1, -0.05) is 11.2 Å². The van der Waals surface area contributed by atoms with Crippen LogP contribution >= 0.6 is 0 Å². The largest absolute Gasteiger partial charge is 0.495 e. The van der Waals surface area contributed by atoms with Crippen LogP contribution in [0.2, 0.25) is 0 Å². The number of carbonyl (C=O) groups is 1. The Morgan fingerprint density at radius 2 is 2.18 bits per heavy atom.